The van der Waals surface area contributed by atoms with Crippen molar-refractivity contribution in [1.29, 1.82) is 0 Å². The average Bonchev–Trinajstić information content (AvgIpc) is 3.64. The van der Waals surface area contributed by atoms with Crippen LogP contribution in [0.1, 0.15) is 36.0 Å². The molecule has 248 valence electrons. The third-order valence-corrected chi connectivity index (χ3v) is 10.3. The van der Waals surface area contributed by atoms with E-state index < -0.39 is 12.5 Å². The number of carbonyl (C=O) groups excluding carboxylic acids is 2. The Bertz CT molecular complexity index is 1740. The quantitative estimate of drug-likeness (QED) is 0.269. The molecule has 15 heteroatoms. The number of hydrogen-bond acceptors (Lipinski definition) is 9. The summed E-state index contributed by atoms with van der Waals surface area (Å²) in [5.41, 5.74) is 1.35. The molecule has 2 aliphatic heterocycles. The fourth-order valence-electron chi connectivity index (χ4n) is 6.22. The van der Waals surface area contributed by atoms with Gasteiger partial charge in [0.1, 0.15) is 23.6 Å². The minimum atomic E-state index is -3.06. The van der Waals surface area contributed by atoms with E-state index in [4.69, 9.17) is 4.74 Å². The molecule has 3 aliphatic rings. The fraction of sp³-hybridized carbons (Fsp3) is 0.469. The van der Waals surface area contributed by atoms with E-state index in [0.717, 1.165) is 56.8 Å². The van der Waals surface area contributed by atoms with E-state index in [0.29, 0.717) is 35.6 Å². The summed E-state index contributed by atoms with van der Waals surface area (Å²) in [6, 6.07) is 7.17. The third-order valence-electron chi connectivity index (χ3n) is 8.95. The van der Waals surface area contributed by atoms with Crippen molar-refractivity contribution in [2.45, 2.75) is 55.0 Å². The fourth-order valence-corrected chi connectivity index (χ4v) is 7.31. The van der Waals surface area contributed by atoms with Gasteiger partial charge in [0.2, 0.25) is 5.91 Å². The first kappa shape index (κ1) is 31.5. The molecule has 0 unspecified atom stereocenters. The SMILES string of the molecule is CN1CCN(C2CCN(C(=O)Cn3cc(NC(=O)c4cnn5cccnc45)c(-c4cc(SC5CC5)ccc4OC(F)F)n3)CC2)CC1. The maximum Gasteiger partial charge on any atom is 0.387 e. The standard InChI is InChI=1S/C32H37F2N9O3S/c1-39-13-15-40(16-14-39)21-7-11-41(12-8-21)28(44)20-42-19-26(37-31(45)25-18-36-43-10-2-9-35-30(25)43)29(38-42)24-17-23(47-22-3-4-22)5-6-27(24)46-32(33)34/h2,5-6,9-10,17-19,21-22,32H,3-4,7-8,11-16,20H2,1H3,(H,37,45). The Balaban J connectivity index is 1.15. The van der Waals surface area contributed by atoms with Crippen LogP contribution in [0, 0.1) is 0 Å². The molecule has 3 fully saturated rings. The Morgan fingerprint density at radius 3 is 2.62 bits per heavy atom. The van der Waals surface area contributed by atoms with Crippen molar-refractivity contribution in [3.8, 4) is 17.0 Å². The molecule has 1 aromatic carbocycles. The van der Waals surface area contributed by atoms with Gasteiger partial charge in [-0.1, -0.05) is 0 Å². The van der Waals surface area contributed by atoms with E-state index in [1.165, 1.54) is 21.5 Å². The molecule has 2 saturated heterocycles. The number of nitrogens with one attached hydrogen (secondary N) is 1. The number of likely N-dealkylation sites (N-methyl/N-ethyl adjacent to an activating group) is 1. The van der Waals surface area contributed by atoms with Crippen molar-refractivity contribution in [3.05, 3.63) is 54.6 Å². The first-order chi connectivity index (χ1) is 22.8. The highest BCUT2D eigenvalue weighted by Crippen LogP contribution is 2.43. The lowest BCUT2D eigenvalue weighted by atomic mass is 10.0. The molecule has 0 atom stereocenters. The molecular formula is C32H37F2N9O3S. The zero-order chi connectivity index (χ0) is 32.5. The Hall–Kier alpha value is -4.08. The maximum atomic E-state index is 13.5. The number of rotatable bonds is 10. The smallest absolute Gasteiger partial charge is 0.387 e. The largest absolute Gasteiger partial charge is 0.434 e. The second-order valence-electron chi connectivity index (χ2n) is 12.3. The summed E-state index contributed by atoms with van der Waals surface area (Å²) in [6.07, 6.45) is 10.2. The van der Waals surface area contributed by atoms with Gasteiger partial charge in [-0.05, 0) is 57.0 Å². The van der Waals surface area contributed by atoms with Crippen LogP contribution in [0.2, 0.25) is 0 Å². The van der Waals surface area contributed by atoms with E-state index in [-0.39, 0.29) is 35.1 Å². The van der Waals surface area contributed by atoms with Gasteiger partial charge in [0, 0.05) is 79.6 Å². The van der Waals surface area contributed by atoms with Crippen molar-refractivity contribution in [1.82, 2.24) is 39.1 Å². The van der Waals surface area contributed by atoms with Crippen molar-refractivity contribution >= 4 is 34.9 Å². The third kappa shape index (κ3) is 7.26. The Morgan fingerprint density at radius 2 is 1.87 bits per heavy atom. The Kier molecular flexibility index (Phi) is 9.10. The van der Waals surface area contributed by atoms with Crippen LogP contribution in [0.5, 0.6) is 5.75 Å². The number of piperidine rings is 1. The maximum absolute atomic E-state index is 13.5. The molecule has 5 heterocycles. The van der Waals surface area contributed by atoms with Crippen LogP contribution in [-0.2, 0) is 11.3 Å². The summed E-state index contributed by atoms with van der Waals surface area (Å²) in [5, 5.41) is 12.2. The minimum absolute atomic E-state index is 0.0676. The molecule has 1 N–H and O–H groups in total. The van der Waals surface area contributed by atoms with Crippen molar-refractivity contribution in [2.24, 2.45) is 0 Å². The molecule has 1 aliphatic carbocycles. The summed E-state index contributed by atoms with van der Waals surface area (Å²) in [5.74, 6) is -0.671. The number of piperazine rings is 1. The van der Waals surface area contributed by atoms with Gasteiger partial charge in [0.05, 0.1) is 11.9 Å². The van der Waals surface area contributed by atoms with Crippen molar-refractivity contribution in [2.75, 3.05) is 51.6 Å². The lowest BCUT2D eigenvalue weighted by Crippen LogP contribution is -2.53. The predicted molar refractivity (Wildman–Crippen MR) is 173 cm³/mol. The molecule has 4 aromatic rings. The molecular weight excluding hydrogens is 628 g/mol. The van der Waals surface area contributed by atoms with Crippen LogP contribution in [0.25, 0.3) is 16.9 Å². The number of likely N-dealkylation sites (tertiary alicyclic amines) is 1. The number of aromatic nitrogens is 5. The van der Waals surface area contributed by atoms with E-state index in [2.05, 4.69) is 37.3 Å². The molecule has 0 radical (unpaired) electrons. The molecule has 0 spiro atoms. The number of hydrogen-bond donors (Lipinski definition) is 1. The van der Waals surface area contributed by atoms with E-state index in [1.54, 1.807) is 48.6 Å². The molecule has 0 bridgehead atoms. The van der Waals surface area contributed by atoms with Crippen LogP contribution >= 0.6 is 11.8 Å². The number of anilines is 1. The van der Waals surface area contributed by atoms with Gasteiger partial charge in [-0.3, -0.25) is 19.2 Å². The summed E-state index contributed by atoms with van der Waals surface area (Å²) >= 11 is 1.66. The molecule has 47 heavy (non-hydrogen) atoms. The van der Waals surface area contributed by atoms with Crippen LogP contribution in [0.3, 0.4) is 0 Å². The first-order valence-electron chi connectivity index (χ1n) is 15.9. The van der Waals surface area contributed by atoms with Crippen molar-refractivity contribution < 1.29 is 23.1 Å². The van der Waals surface area contributed by atoms with Crippen LogP contribution in [-0.4, -0.2) is 115 Å². The van der Waals surface area contributed by atoms with E-state index in [1.807, 2.05) is 4.90 Å². The highest BCUT2D eigenvalue weighted by molar-refractivity contribution is 8.00. The number of fused-ring (bicyclic) bond motifs is 1. The minimum Gasteiger partial charge on any atom is -0.434 e. The molecule has 12 nitrogen and oxygen atoms in total. The highest BCUT2D eigenvalue weighted by atomic mass is 32.2. The number of thioether (sulfide) groups is 1. The molecule has 1 saturated carbocycles. The number of alkyl halides is 2. The predicted octanol–water partition coefficient (Wildman–Crippen LogP) is 3.94. The lowest BCUT2D eigenvalue weighted by Gasteiger charge is -2.42. The molecule has 3 aromatic heterocycles. The Labute approximate surface area is 275 Å². The van der Waals surface area contributed by atoms with Gasteiger partial charge in [-0.25, -0.2) is 9.50 Å². The second kappa shape index (κ2) is 13.6. The number of ether oxygens (including phenoxy) is 1. The van der Waals surface area contributed by atoms with Crippen molar-refractivity contribution in [3.63, 3.8) is 0 Å². The zero-order valence-electron chi connectivity index (χ0n) is 26.1. The van der Waals surface area contributed by atoms with E-state index in [9.17, 15) is 18.4 Å². The van der Waals surface area contributed by atoms with Gasteiger partial charge in [0.15, 0.2) is 5.65 Å². The zero-order valence-corrected chi connectivity index (χ0v) is 26.9. The lowest BCUT2D eigenvalue weighted by molar-refractivity contribution is -0.133. The molecule has 2 amide bonds. The topological polar surface area (TPSA) is 113 Å². The van der Waals surface area contributed by atoms with Gasteiger partial charge in [-0.15, -0.1) is 11.8 Å². The second-order valence-corrected chi connectivity index (χ2v) is 13.7. The number of benzene rings is 1. The van der Waals surface area contributed by atoms with Gasteiger partial charge >= 0.3 is 6.61 Å². The van der Waals surface area contributed by atoms with E-state index >= 15 is 0 Å². The number of halogens is 2. The highest BCUT2D eigenvalue weighted by Gasteiger charge is 2.30. The van der Waals surface area contributed by atoms with Gasteiger partial charge < -0.3 is 19.9 Å². The Morgan fingerprint density at radius 1 is 1.09 bits per heavy atom. The van der Waals surface area contributed by atoms with Gasteiger partial charge in [-0.2, -0.15) is 19.0 Å². The number of amides is 2. The summed E-state index contributed by atoms with van der Waals surface area (Å²) in [4.78, 5) is 38.9. The number of carbonyl (C=O) groups is 2. The average molecular weight is 666 g/mol. The molecule has 7 rings (SSSR count). The monoisotopic (exact) mass is 665 g/mol. The normalized spacial score (nSPS) is 18.3. The number of nitrogens with zero attached hydrogens (tertiary/aromatic N) is 8. The van der Waals surface area contributed by atoms with Crippen LogP contribution < -0.4 is 10.1 Å². The van der Waals surface area contributed by atoms with Crippen LogP contribution in [0.4, 0.5) is 14.5 Å². The van der Waals surface area contributed by atoms with Gasteiger partial charge in [0.25, 0.3) is 5.91 Å². The summed E-state index contributed by atoms with van der Waals surface area (Å²) in [6.45, 7) is 2.38. The summed E-state index contributed by atoms with van der Waals surface area (Å²) in [7, 11) is 2.14. The summed E-state index contributed by atoms with van der Waals surface area (Å²) < 4.78 is 34.9. The van der Waals surface area contributed by atoms with Crippen LogP contribution in [0.15, 0.2) is 53.9 Å². The first-order valence-corrected chi connectivity index (χ1v) is 16.8.